The van der Waals surface area contributed by atoms with Crippen LogP contribution in [-0.2, 0) is 4.74 Å². The molecular weight excluding hydrogens is 284 g/mol. The normalized spacial score (nSPS) is 21.8. The van der Waals surface area contributed by atoms with Crippen LogP contribution < -0.4 is 5.32 Å². The van der Waals surface area contributed by atoms with Crippen LogP contribution in [0.5, 0.6) is 0 Å². The third-order valence-corrected chi connectivity index (χ3v) is 4.45. The van der Waals surface area contributed by atoms with Crippen molar-refractivity contribution in [3.8, 4) is 0 Å². The van der Waals surface area contributed by atoms with Crippen LogP contribution in [-0.4, -0.2) is 53.8 Å². The molecule has 2 atom stereocenters. The number of carbonyl (C=O) groups excluding carboxylic acids is 1. The highest BCUT2D eigenvalue weighted by atomic mass is 32.2. The topological polar surface area (TPSA) is 41.6 Å². The average molecular weight is 317 g/mol. The predicted molar refractivity (Wildman–Crippen MR) is 91.0 cm³/mol. The second kappa shape index (κ2) is 8.89. The largest absolute Gasteiger partial charge is 0.444 e. The number of hydrogen-bond acceptors (Lipinski definition) is 4. The zero-order valence-corrected chi connectivity index (χ0v) is 15.1. The van der Waals surface area contributed by atoms with Crippen molar-refractivity contribution in [1.29, 1.82) is 0 Å². The Balaban J connectivity index is 2.44. The highest BCUT2D eigenvalue weighted by molar-refractivity contribution is 7.98. The van der Waals surface area contributed by atoms with E-state index < -0.39 is 5.60 Å². The zero-order chi connectivity index (χ0) is 15.9. The maximum Gasteiger partial charge on any atom is 0.410 e. The molecule has 0 aromatic heterocycles. The van der Waals surface area contributed by atoms with Crippen LogP contribution >= 0.6 is 11.8 Å². The van der Waals surface area contributed by atoms with Crippen molar-refractivity contribution in [3.05, 3.63) is 0 Å². The molecule has 0 aliphatic carbocycles. The molecule has 2 unspecified atom stereocenters. The van der Waals surface area contributed by atoms with Gasteiger partial charge in [-0.2, -0.15) is 11.8 Å². The van der Waals surface area contributed by atoms with E-state index in [-0.39, 0.29) is 6.09 Å². The lowest BCUT2D eigenvalue weighted by atomic mass is 10.1. The Morgan fingerprint density at radius 1 is 1.38 bits per heavy atom. The van der Waals surface area contributed by atoms with Gasteiger partial charge in [-0.3, -0.25) is 0 Å². The molecule has 1 saturated heterocycles. The quantitative estimate of drug-likeness (QED) is 0.843. The van der Waals surface area contributed by atoms with Crippen LogP contribution in [0.25, 0.3) is 0 Å². The van der Waals surface area contributed by atoms with E-state index in [2.05, 4.69) is 18.5 Å². The van der Waals surface area contributed by atoms with Gasteiger partial charge in [0.15, 0.2) is 0 Å². The Labute approximate surface area is 134 Å². The Bertz CT molecular complexity index is 318. The number of hydrogen-bond donors (Lipinski definition) is 1. The summed E-state index contributed by atoms with van der Waals surface area (Å²) in [6.45, 7) is 9.59. The SMILES string of the molecule is CCC(CSC)NC1CCCN(C(=O)OC(C)(C)C)CC1. The fourth-order valence-electron chi connectivity index (χ4n) is 2.59. The molecule has 124 valence electrons. The van der Waals surface area contributed by atoms with Crippen LogP contribution in [0.4, 0.5) is 4.79 Å². The van der Waals surface area contributed by atoms with Gasteiger partial charge >= 0.3 is 6.09 Å². The second-order valence-corrected chi connectivity index (χ2v) is 7.73. The molecule has 1 N–H and O–H groups in total. The van der Waals surface area contributed by atoms with Crippen molar-refractivity contribution in [2.45, 2.75) is 71.1 Å². The van der Waals surface area contributed by atoms with Gasteiger partial charge in [-0.15, -0.1) is 0 Å². The van der Waals surface area contributed by atoms with Crippen LogP contribution in [0.15, 0.2) is 0 Å². The van der Waals surface area contributed by atoms with Crippen LogP contribution in [0, 0.1) is 0 Å². The fraction of sp³-hybridized carbons (Fsp3) is 0.938. The number of ether oxygens (including phenoxy) is 1. The summed E-state index contributed by atoms with van der Waals surface area (Å²) >= 11 is 1.89. The molecule has 1 fully saturated rings. The van der Waals surface area contributed by atoms with Gasteiger partial charge in [0, 0.05) is 30.9 Å². The maximum atomic E-state index is 12.1. The third-order valence-electron chi connectivity index (χ3n) is 3.71. The molecule has 0 bridgehead atoms. The first-order valence-electron chi connectivity index (χ1n) is 8.08. The summed E-state index contributed by atoms with van der Waals surface area (Å²) in [5.74, 6) is 1.16. The van der Waals surface area contributed by atoms with Crippen molar-refractivity contribution in [2.24, 2.45) is 0 Å². The van der Waals surface area contributed by atoms with Gasteiger partial charge in [0.2, 0.25) is 0 Å². The molecule has 1 amide bonds. The fourth-order valence-corrected chi connectivity index (χ4v) is 3.32. The number of rotatable bonds is 5. The van der Waals surface area contributed by atoms with Gasteiger partial charge in [0.05, 0.1) is 0 Å². The monoisotopic (exact) mass is 316 g/mol. The highest BCUT2D eigenvalue weighted by Crippen LogP contribution is 2.16. The molecule has 1 aliphatic heterocycles. The zero-order valence-electron chi connectivity index (χ0n) is 14.3. The molecule has 0 radical (unpaired) electrons. The van der Waals surface area contributed by atoms with Crippen molar-refractivity contribution in [1.82, 2.24) is 10.2 Å². The van der Waals surface area contributed by atoms with Gasteiger partial charge in [-0.05, 0) is 52.7 Å². The molecule has 0 aromatic carbocycles. The minimum atomic E-state index is -0.410. The number of nitrogens with one attached hydrogen (secondary N) is 1. The molecule has 1 rings (SSSR count). The molecule has 0 saturated carbocycles. The molecule has 21 heavy (non-hydrogen) atoms. The summed E-state index contributed by atoms with van der Waals surface area (Å²) in [4.78, 5) is 14.0. The van der Waals surface area contributed by atoms with E-state index in [0.29, 0.717) is 12.1 Å². The van der Waals surface area contributed by atoms with Crippen molar-refractivity contribution >= 4 is 17.9 Å². The number of amides is 1. The minimum Gasteiger partial charge on any atom is -0.444 e. The van der Waals surface area contributed by atoms with Gasteiger partial charge in [0.1, 0.15) is 5.60 Å². The maximum absolute atomic E-state index is 12.1. The first-order valence-corrected chi connectivity index (χ1v) is 9.48. The van der Waals surface area contributed by atoms with Crippen molar-refractivity contribution < 1.29 is 9.53 Å². The van der Waals surface area contributed by atoms with E-state index in [1.807, 2.05) is 37.4 Å². The second-order valence-electron chi connectivity index (χ2n) is 6.82. The first-order chi connectivity index (χ1) is 9.85. The predicted octanol–water partition coefficient (Wildman–Crippen LogP) is 3.51. The molecule has 5 heteroatoms. The van der Waals surface area contributed by atoms with Gasteiger partial charge < -0.3 is 15.0 Å². The first kappa shape index (κ1) is 18.6. The molecule has 1 aliphatic rings. The summed E-state index contributed by atoms with van der Waals surface area (Å²) in [6, 6.07) is 1.10. The van der Waals surface area contributed by atoms with Gasteiger partial charge in [-0.1, -0.05) is 6.92 Å². The van der Waals surface area contributed by atoms with E-state index in [1.165, 1.54) is 0 Å². The molecule has 0 spiro atoms. The smallest absolute Gasteiger partial charge is 0.410 e. The Morgan fingerprint density at radius 2 is 2.10 bits per heavy atom. The Morgan fingerprint density at radius 3 is 2.67 bits per heavy atom. The minimum absolute atomic E-state index is 0.167. The van der Waals surface area contributed by atoms with Crippen molar-refractivity contribution in [2.75, 3.05) is 25.1 Å². The molecule has 0 aromatic rings. The van der Waals surface area contributed by atoms with E-state index in [9.17, 15) is 4.79 Å². The van der Waals surface area contributed by atoms with E-state index >= 15 is 0 Å². The third kappa shape index (κ3) is 7.41. The lowest BCUT2D eigenvalue weighted by Gasteiger charge is -2.27. The van der Waals surface area contributed by atoms with Crippen LogP contribution in [0.2, 0.25) is 0 Å². The standard InChI is InChI=1S/C16H32N2O2S/c1-6-13(12-21-5)17-14-8-7-10-18(11-9-14)15(19)20-16(2,3)4/h13-14,17H,6-12H2,1-5H3. The average Bonchev–Trinajstić information content (AvgIpc) is 2.62. The lowest BCUT2D eigenvalue weighted by molar-refractivity contribution is 0.0256. The summed E-state index contributed by atoms with van der Waals surface area (Å²) in [6.07, 6.45) is 6.36. The summed E-state index contributed by atoms with van der Waals surface area (Å²) < 4.78 is 5.47. The van der Waals surface area contributed by atoms with E-state index in [1.54, 1.807) is 0 Å². The van der Waals surface area contributed by atoms with Crippen molar-refractivity contribution in [3.63, 3.8) is 0 Å². The lowest BCUT2D eigenvalue weighted by Crippen LogP contribution is -2.41. The number of carbonyl (C=O) groups is 1. The molecule has 4 nitrogen and oxygen atoms in total. The van der Waals surface area contributed by atoms with Gasteiger partial charge in [0.25, 0.3) is 0 Å². The van der Waals surface area contributed by atoms with Crippen LogP contribution in [0.1, 0.15) is 53.4 Å². The molecule has 1 heterocycles. The number of likely N-dealkylation sites (tertiary alicyclic amines) is 1. The molecular formula is C16H32N2O2S. The van der Waals surface area contributed by atoms with Gasteiger partial charge in [-0.25, -0.2) is 4.79 Å². The highest BCUT2D eigenvalue weighted by Gasteiger charge is 2.25. The Kier molecular flexibility index (Phi) is 7.88. The summed E-state index contributed by atoms with van der Waals surface area (Å²) in [7, 11) is 0. The Hall–Kier alpha value is -0.420. The van der Waals surface area contributed by atoms with Crippen LogP contribution in [0.3, 0.4) is 0 Å². The van der Waals surface area contributed by atoms with E-state index in [4.69, 9.17) is 4.74 Å². The van der Waals surface area contributed by atoms with E-state index in [0.717, 1.165) is 44.5 Å². The summed E-state index contributed by atoms with van der Waals surface area (Å²) in [5, 5.41) is 3.75. The number of nitrogens with zero attached hydrogens (tertiary/aromatic N) is 1. The summed E-state index contributed by atoms with van der Waals surface area (Å²) in [5.41, 5.74) is -0.410. The number of thioether (sulfide) groups is 1.